The van der Waals surface area contributed by atoms with Gasteiger partial charge in [0.1, 0.15) is 5.37 Å². The van der Waals surface area contributed by atoms with Crippen LogP contribution in [0.4, 0.5) is 0 Å². The monoisotopic (exact) mass is 318 g/mol. The number of carboxylic acids is 1. The lowest BCUT2D eigenvalue weighted by Crippen LogP contribution is -2.60. The Morgan fingerprint density at radius 2 is 2.20 bits per heavy atom. The van der Waals surface area contributed by atoms with E-state index < -0.39 is 18.0 Å². The van der Waals surface area contributed by atoms with Crippen LogP contribution in [-0.2, 0) is 14.4 Å². The molecule has 0 spiro atoms. The molecule has 0 aromatic carbocycles. The predicted octanol–water partition coefficient (Wildman–Crippen LogP) is -0.369. The first-order chi connectivity index (χ1) is 9.38. The average Bonchev–Trinajstić information content (AvgIpc) is 2.69. The van der Waals surface area contributed by atoms with Crippen molar-refractivity contribution in [3.8, 4) is 0 Å². The molecule has 2 heterocycles. The predicted molar refractivity (Wildman–Crippen MR) is 74.6 cm³/mol. The summed E-state index contributed by atoms with van der Waals surface area (Å²) in [7, 11) is 1.50. The Bertz CT molecular complexity index is 505. The van der Waals surface area contributed by atoms with Gasteiger partial charge in [0.25, 0.3) is 0 Å². The summed E-state index contributed by atoms with van der Waals surface area (Å²) in [4.78, 5) is 35.6. The molecule has 2 aliphatic rings. The molecule has 7 nitrogen and oxygen atoms in total. The van der Waals surface area contributed by atoms with Crippen molar-refractivity contribution in [2.24, 2.45) is 5.92 Å². The van der Waals surface area contributed by atoms with Crippen LogP contribution in [0.5, 0.6) is 0 Å². The third-order valence-corrected chi connectivity index (χ3v) is 5.74. The van der Waals surface area contributed by atoms with Crippen LogP contribution < -0.4 is 5.32 Å². The number of hydrogen-bond acceptors (Lipinski definition) is 6. The van der Waals surface area contributed by atoms with Crippen molar-refractivity contribution < 1.29 is 24.6 Å². The molecule has 0 aromatic heterocycles. The zero-order valence-electron chi connectivity index (χ0n) is 10.8. The smallest absolute Gasteiger partial charge is 0.354 e. The van der Waals surface area contributed by atoms with E-state index in [2.05, 4.69) is 5.32 Å². The Hall–Kier alpha value is -1.19. The van der Waals surface area contributed by atoms with Crippen molar-refractivity contribution in [1.29, 1.82) is 0 Å². The van der Waals surface area contributed by atoms with Crippen molar-refractivity contribution in [2.75, 3.05) is 12.8 Å². The molecular formula is C11H14N2O5S2. The molecule has 0 aromatic rings. The van der Waals surface area contributed by atoms with Crippen molar-refractivity contribution in [2.45, 2.75) is 18.4 Å². The Kier molecular flexibility index (Phi) is 4.31. The number of carbonyl (C=O) groups is 3. The maximum atomic E-state index is 11.9. The van der Waals surface area contributed by atoms with E-state index in [4.69, 9.17) is 0 Å². The summed E-state index contributed by atoms with van der Waals surface area (Å²) in [6.07, 6.45) is -0.824. The second kappa shape index (κ2) is 5.66. The SMILES string of the molecule is CNC(=O)CSC1=C(C(=O)O)N2C(=O)C(C(C)O)[C@H]2S1. The van der Waals surface area contributed by atoms with Crippen LogP contribution in [0.15, 0.2) is 9.93 Å². The molecule has 0 aliphatic carbocycles. The molecular weight excluding hydrogens is 304 g/mol. The topological polar surface area (TPSA) is 107 Å². The number of β-lactam (4-membered cyclic amide) rings is 1. The number of hydrogen-bond donors (Lipinski definition) is 3. The molecule has 20 heavy (non-hydrogen) atoms. The van der Waals surface area contributed by atoms with E-state index in [9.17, 15) is 24.6 Å². The fourth-order valence-electron chi connectivity index (χ4n) is 2.05. The van der Waals surface area contributed by atoms with Gasteiger partial charge in [0, 0.05) is 7.05 Å². The van der Waals surface area contributed by atoms with Gasteiger partial charge >= 0.3 is 5.97 Å². The van der Waals surface area contributed by atoms with Gasteiger partial charge in [-0.2, -0.15) is 0 Å². The highest BCUT2D eigenvalue weighted by Crippen LogP contribution is 2.53. The van der Waals surface area contributed by atoms with Crippen LogP contribution in [0.25, 0.3) is 0 Å². The maximum Gasteiger partial charge on any atom is 0.354 e. The lowest BCUT2D eigenvalue weighted by atomic mass is 9.92. The summed E-state index contributed by atoms with van der Waals surface area (Å²) in [5, 5.41) is 20.8. The number of aliphatic hydroxyl groups is 1. The first kappa shape index (κ1) is 15.2. The van der Waals surface area contributed by atoms with Gasteiger partial charge in [-0.1, -0.05) is 11.8 Å². The van der Waals surface area contributed by atoms with Crippen molar-refractivity contribution in [3.63, 3.8) is 0 Å². The molecule has 3 atom stereocenters. The maximum absolute atomic E-state index is 11.9. The lowest BCUT2D eigenvalue weighted by molar-refractivity contribution is -0.156. The highest BCUT2D eigenvalue weighted by atomic mass is 32.2. The number of amides is 2. The number of nitrogens with zero attached hydrogens (tertiary/aromatic N) is 1. The van der Waals surface area contributed by atoms with Crippen molar-refractivity contribution in [1.82, 2.24) is 10.2 Å². The summed E-state index contributed by atoms with van der Waals surface area (Å²) in [6, 6.07) is 0. The number of thioether (sulfide) groups is 2. The molecule has 0 bridgehead atoms. The van der Waals surface area contributed by atoms with Crippen LogP contribution in [0.1, 0.15) is 6.92 Å². The zero-order chi connectivity index (χ0) is 15.0. The van der Waals surface area contributed by atoms with E-state index in [1.807, 2.05) is 0 Å². The number of rotatable bonds is 5. The minimum Gasteiger partial charge on any atom is -0.477 e. The largest absolute Gasteiger partial charge is 0.477 e. The van der Waals surface area contributed by atoms with Crippen LogP contribution >= 0.6 is 23.5 Å². The van der Waals surface area contributed by atoms with E-state index in [-0.39, 0.29) is 28.6 Å². The molecule has 0 saturated carbocycles. The van der Waals surface area contributed by atoms with Crippen LogP contribution in [0.2, 0.25) is 0 Å². The molecule has 1 saturated heterocycles. The molecule has 2 unspecified atom stereocenters. The van der Waals surface area contributed by atoms with E-state index >= 15 is 0 Å². The molecule has 2 rings (SSSR count). The van der Waals surface area contributed by atoms with Crippen LogP contribution in [0.3, 0.4) is 0 Å². The fraction of sp³-hybridized carbons (Fsp3) is 0.545. The van der Waals surface area contributed by atoms with Gasteiger partial charge in [0.15, 0.2) is 5.70 Å². The molecule has 0 radical (unpaired) electrons. The number of carboxylic acid groups (broad SMARTS) is 1. The summed E-state index contributed by atoms with van der Waals surface area (Å²) in [5.74, 6) is -2.31. The van der Waals surface area contributed by atoms with Gasteiger partial charge in [0.2, 0.25) is 11.8 Å². The highest BCUT2D eigenvalue weighted by Gasteiger charge is 2.57. The van der Waals surface area contributed by atoms with Crippen molar-refractivity contribution >= 4 is 41.3 Å². The van der Waals surface area contributed by atoms with Crippen molar-refractivity contribution in [3.05, 3.63) is 9.93 Å². The number of aliphatic hydroxyl groups excluding tert-OH is 1. The molecule has 1 fully saturated rings. The van der Waals surface area contributed by atoms with Crippen LogP contribution in [-0.4, -0.2) is 57.2 Å². The Morgan fingerprint density at radius 3 is 2.70 bits per heavy atom. The van der Waals surface area contributed by atoms with Gasteiger partial charge < -0.3 is 15.5 Å². The van der Waals surface area contributed by atoms with Gasteiger partial charge in [0.05, 0.1) is 22.0 Å². The number of fused-ring (bicyclic) bond motifs is 1. The first-order valence-corrected chi connectivity index (χ1v) is 7.73. The Balaban J connectivity index is 2.17. The Morgan fingerprint density at radius 1 is 1.55 bits per heavy atom. The van der Waals surface area contributed by atoms with Gasteiger partial charge in [-0.25, -0.2) is 4.79 Å². The fourth-order valence-corrected chi connectivity index (χ4v) is 4.85. The third-order valence-electron chi connectivity index (χ3n) is 3.08. The summed E-state index contributed by atoms with van der Waals surface area (Å²) in [6.45, 7) is 1.51. The summed E-state index contributed by atoms with van der Waals surface area (Å²) < 4.78 is 0.433. The molecule has 2 amide bonds. The van der Waals surface area contributed by atoms with E-state index in [0.29, 0.717) is 4.24 Å². The van der Waals surface area contributed by atoms with E-state index in [1.54, 1.807) is 0 Å². The number of carbonyl (C=O) groups excluding carboxylic acids is 2. The van der Waals surface area contributed by atoms with Gasteiger partial charge in [-0.05, 0) is 6.92 Å². The van der Waals surface area contributed by atoms with Gasteiger partial charge in [-0.3, -0.25) is 14.5 Å². The average molecular weight is 318 g/mol. The van der Waals surface area contributed by atoms with Gasteiger partial charge in [-0.15, -0.1) is 11.8 Å². The number of aliphatic carboxylic acids is 1. The second-order valence-corrected chi connectivity index (χ2v) is 6.76. The van der Waals surface area contributed by atoms with E-state index in [0.717, 1.165) is 11.8 Å². The Labute approximate surface area is 123 Å². The lowest BCUT2D eigenvalue weighted by Gasteiger charge is -2.43. The minimum absolute atomic E-state index is 0.0870. The zero-order valence-corrected chi connectivity index (χ0v) is 12.5. The highest BCUT2D eigenvalue weighted by molar-refractivity contribution is 8.23. The quantitative estimate of drug-likeness (QED) is 0.594. The van der Waals surface area contributed by atoms with E-state index in [1.165, 1.54) is 30.6 Å². The third kappa shape index (κ3) is 2.40. The minimum atomic E-state index is -1.20. The molecule has 2 aliphatic heterocycles. The molecule has 9 heteroatoms. The normalized spacial score (nSPS) is 26.1. The molecule has 3 N–H and O–H groups in total. The molecule has 110 valence electrons. The summed E-state index contributed by atoms with van der Waals surface area (Å²) in [5.41, 5.74) is -0.0872. The summed E-state index contributed by atoms with van der Waals surface area (Å²) >= 11 is 2.31. The van der Waals surface area contributed by atoms with Crippen LogP contribution in [0, 0.1) is 5.92 Å². The standard InChI is InChI=1S/C11H14N2O5S2/c1-4(14)6-8(16)13-7(10(17)18)11(20-9(6)13)19-3-5(15)12-2/h4,6,9,14H,3H2,1-2H3,(H,12,15)(H,17,18)/t4?,6?,9-/m1/s1. The number of nitrogens with one attached hydrogen (secondary N) is 1. The first-order valence-electron chi connectivity index (χ1n) is 5.87. The second-order valence-electron chi connectivity index (χ2n) is 4.39.